The average molecular weight is 329 g/mol. The van der Waals surface area contributed by atoms with E-state index in [-0.39, 0.29) is 11.3 Å². The topological polar surface area (TPSA) is 49.4 Å². The van der Waals surface area contributed by atoms with E-state index in [4.69, 9.17) is 11.6 Å². The Hall–Kier alpha value is -1.07. The second-order valence-corrected chi connectivity index (χ2v) is 7.65. The Morgan fingerprint density at radius 2 is 2.24 bits per heavy atom. The molecule has 6 heteroatoms. The number of urea groups is 1. The van der Waals surface area contributed by atoms with Crippen molar-refractivity contribution in [3.63, 3.8) is 0 Å². The van der Waals surface area contributed by atoms with Crippen molar-refractivity contribution >= 4 is 28.4 Å². The molecule has 1 aromatic rings. The van der Waals surface area contributed by atoms with Gasteiger partial charge in [0, 0.05) is 47.0 Å². The van der Waals surface area contributed by atoms with Gasteiger partial charge in [0.05, 0.1) is 0 Å². The Labute approximate surface area is 133 Å². The molecule has 21 heavy (non-hydrogen) atoms. The molecule has 0 aromatic heterocycles. The predicted molar refractivity (Wildman–Crippen MR) is 87.1 cm³/mol. The third kappa shape index (κ3) is 4.45. The number of rotatable bonds is 4. The number of fused-ring (bicyclic) bond motifs is 1. The van der Waals surface area contributed by atoms with Gasteiger partial charge in [0.1, 0.15) is 0 Å². The highest BCUT2D eigenvalue weighted by molar-refractivity contribution is 7.84. The lowest BCUT2D eigenvalue weighted by Gasteiger charge is -2.29. The summed E-state index contributed by atoms with van der Waals surface area (Å²) in [5.74, 6) is 0. The van der Waals surface area contributed by atoms with E-state index >= 15 is 0 Å². The van der Waals surface area contributed by atoms with Crippen LogP contribution in [0.1, 0.15) is 24.5 Å². The summed E-state index contributed by atoms with van der Waals surface area (Å²) in [6, 6.07) is 5.79. The Bertz CT molecular complexity index is 550. The van der Waals surface area contributed by atoms with Gasteiger partial charge in [0.2, 0.25) is 0 Å². The first-order valence-corrected chi connectivity index (χ1v) is 9.09. The fourth-order valence-corrected chi connectivity index (χ4v) is 3.00. The summed E-state index contributed by atoms with van der Waals surface area (Å²) in [7, 11) is -0.842. The van der Waals surface area contributed by atoms with E-state index < -0.39 is 10.8 Å². The summed E-state index contributed by atoms with van der Waals surface area (Å²) in [4.78, 5) is 13.9. The fourth-order valence-electron chi connectivity index (χ4n) is 2.36. The van der Waals surface area contributed by atoms with Crippen molar-refractivity contribution in [2.75, 3.05) is 19.3 Å². The average Bonchev–Trinajstić information content (AvgIpc) is 2.45. The number of amides is 2. The van der Waals surface area contributed by atoms with E-state index in [0.717, 1.165) is 24.9 Å². The third-order valence-electron chi connectivity index (χ3n) is 3.86. The number of halogens is 1. The minimum absolute atomic E-state index is 0.0605. The number of nitrogens with zero attached hydrogens (tertiary/aromatic N) is 1. The molecule has 0 bridgehead atoms. The molecule has 0 radical (unpaired) electrons. The van der Waals surface area contributed by atoms with Gasteiger partial charge in [-0.15, -0.1) is 0 Å². The SMILES string of the molecule is C[C@H](CCNC(=O)N1CCc2ccc(Cl)cc2C1)[S@](C)=O. The maximum absolute atomic E-state index is 12.2. The van der Waals surface area contributed by atoms with Crippen molar-refractivity contribution < 1.29 is 9.00 Å². The summed E-state index contributed by atoms with van der Waals surface area (Å²) in [5, 5.41) is 3.71. The summed E-state index contributed by atoms with van der Waals surface area (Å²) in [6.07, 6.45) is 3.28. The smallest absolute Gasteiger partial charge is 0.317 e. The highest BCUT2D eigenvalue weighted by atomic mass is 35.5. The first-order chi connectivity index (χ1) is 9.97. The molecule has 0 unspecified atom stereocenters. The Balaban J connectivity index is 1.86. The standard InChI is InChI=1S/C15H21ClN2O2S/c1-11(21(2)20)5-7-17-15(19)18-8-6-12-3-4-14(16)9-13(12)10-18/h3-4,9,11H,5-8,10H2,1-2H3,(H,17,19)/t11-,21+/m1/s1. The largest absolute Gasteiger partial charge is 0.338 e. The molecule has 1 aromatic carbocycles. The van der Waals surface area contributed by atoms with Crippen LogP contribution in [0, 0.1) is 0 Å². The molecular weight excluding hydrogens is 308 g/mol. The monoisotopic (exact) mass is 328 g/mol. The highest BCUT2D eigenvalue weighted by Crippen LogP contribution is 2.22. The molecule has 0 saturated carbocycles. The van der Waals surface area contributed by atoms with Gasteiger partial charge in [-0.2, -0.15) is 0 Å². The minimum atomic E-state index is -0.842. The lowest BCUT2D eigenvalue weighted by molar-refractivity contribution is 0.192. The van der Waals surface area contributed by atoms with Crippen LogP contribution in [0.2, 0.25) is 5.02 Å². The number of carbonyl (C=O) groups is 1. The number of carbonyl (C=O) groups excluding carboxylic acids is 1. The molecule has 2 rings (SSSR count). The van der Waals surface area contributed by atoms with Crippen LogP contribution in [0.5, 0.6) is 0 Å². The number of hydrogen-bond acceptors (Lipinski definition) is 2. The van der Waals surface area contributed by atoms with E-state index in [1.807, 2.05) is 25.1 Å². The molecule has 1 aliphatic rings. The molecule has 1 aliphatic heterocycles. The summed E-state index contributed by atoms with van der Waals surface area (Å²) in [6.45, 7) is 3.80. The zero-order valence-corrected chi connectivity index (χ0v) is 14.0. The van der Waals surface area contributed by atoms with Crippen LogP contribution in [-0.2, 0) is 23.8 Å². The van der Waals surface area contributed by atoms with Crippen LogP contribution in [0.25, 0.3) is 0 Å². The number of nitrogens with one attached hydrogen (secondary N) is 1. The van der Waals surface area contributed by atoms with Crippen LogP contribution in [0.3, 0.4) is 0 Å². The van der Waals surface area contributed by atoms with Gasteiger partial charge < -0.3 is 10.2 Å². The molecule has 0 aliphatic carbocycles. The van der Waals surface area contributed by atoms with Gasteiger partial charge in [-0.25, -0.2) is 4.79 Å². The van der Waals surface area contributed by atoms with Crippen LogP contribution in [0.15, 0.2) is 18.2 Å². The molecule has 0 fully saturated rings. The van der Waals surface area contributed by atoms with Gasteiger partial charge in [0.15, 0.2) is 0 Å². The van der Waals surface area contributed by atoms with E-state index in [9.17, 15) is 9.00 Å². The summed E-state index contributed by atoms with van der Waals surface area (Å²) >= 11 is 6.00. The lowest BCUT2D eigenvalue weighted by atomic mass is 10.0. The normalized spacial score (nSPS) is 17.0. The second kappa shape index (κ2) is 7.27. The van der Waals surface area contributed by atoms with E-state index in [0.29, 0.717) is 18.1 Å². The molecule has 1 N–H and O–H groups in total. The molecule has 2 atom stereocenters. The van der Waals surface area contributed by atoms with Crippen LogP contribution >= 0.6 is 11.6 Å². The molecule has 1 heterocycles. The third-order valence-corrected chi connectivity index (χ3v) is 5.47. The molecule has 4 nitrogen and oxygen atoms in total. The van der Waals surface area contributed by atoms with Crippen molar-refractivity contribution in [3.05, 3.63) is 34.3 Å². The maximum atomic E-state index is 12.2. The van der Waals surface area contributed by atoms with Crippen molar-refractivity contribution in [2.45, 2.75) is 31.6 Å². The van der Waals surface area contributed by atoms with Crippen molar-refractivity contribution in [2.24, 2.45) is 0 Å². The number of benzene rings is 1. The fraction of sp³-hybridized carbons (Fsp3) is 0.533. The summed E-state index contributed by atoms with van der Waals surface area (Å²) < 4.78 is 11.3. The zero-order chi connectivity index (χ0) is 15.4. The van der Waals surface area contributed by atoms with Crippen LogP contribution in [-0.4, -0.2) is 39.7 Å². The zero-order valence-electron chi connectivity index (χ0n) is 12.4. The van der Waals surface area contributed by atoms with Gasteiger partial charge in [-0.05, 0) is 36.1 Å². The van der Waals surface area contributed by atoms with E-state index in [1.165, 1.54) is 5.56 Å². The van der Waals surface area contributed by atoms with Crippen LogP contribution < -0.4 is 5.32 Å². The predicted octanol–water partition coefficient (Wildman–Crippen LogP) is 2.56. The Morgan fingerprint density at radius 3 is 2.95 bits per heavy atom. The van der Waals surface area contributed by atoms with E-state index in [2.05, 4.69) is 5.32 Å². The van der Waals surface area contributed by atoms with Crippen LogP contribution in [0.4, 0.5) is 4.79 Å². The number of hydrogen-bond donors (Lipinski definition) is 1. The Morgan fingerprint density at radius 1 is 1.48 bits per heavy atom. The first kappa shape index (κ1) is 16.3. The molecule has 0 spiro atoms. The quantitative estimate of drug-likeness (QED) is 0.923. The molecule has 116 valence electrons. The molecule has 0 saturated heterocycles. The lowest BCUT2D eigenvalue weighted by Crippen LogP contribution is -2.43. The maximum Gasteiger partial charge on any atom is 0.317 e. The van der Waals surface area contributed by atoms with Gasteiger partial charge >= 0.3 is 6.03 Å². The van der Waals surface area contributed by atoms with Gasteiger partial charge in [0.25, 0.3) is 0 Å². The molecule has 2 amide bonds. The van der Waals surface area contributed by atoms with Crippen molar-refractivity contribution in [1.29, 1.82) is 0 Å². The molecular formula is C15H21ClN2O2S. The summed E-state index contributed by atoms with van der Waals surface area (Å²) in [5.41, 5.74) is 2.38. The van der Waals surface area contributed by atoms with Gasteiger partial charge in [-0.1, -0.05) is 24.6 Å². The first-order valence-electron chi connectivity index (χ1n) is 7.09. The Kier molecular flexibility index (Phi) is 5.65. The van der Waals surface area contributed by atoms with Crippen molar-refractivity contribution in [3.8, 4) is 0 Å². The van der Waals surface area contributed by atoms with E-state index in [1.54, 1.807) is 11.2 Å². The highest BCUT2D eigenvalue weighted by Gasteiger charge is 2.20. The minimum Gasteiger partial charge on any atom is -0.338 e. The second-order valence-electron chi connectivity index (χ2n) is 5.41. The van der Waals surface area contributed by atoms with Gasteiger partial charge in [-0.3, -0.25) is 4.21 Å². The van der Waals surface area contributed by atoms with Crippen molar-refractivity contribution in [1.82, 2.24) is 10.2 Å².